The summed E-state index contributed by atoms with van der Waals surface area (Å²) in [5.41, 5.74) is -0.215. The summed E-state index contributed by atoms with van der Waals surface area (Å²) in [6.07, 6.45) is 0. The molecule has 2 aliphatic rings. The summed E-state index contributed by atoms with van der Waals surface area (Å²) in [5.74, 6) is -0.929. The standard InChI is InChI=1S/C16H18ClFN2O3S2/c1-16(2,3)14(21)19-15-20(9-4-5-10(17)11(18)6-9)12-7-25(22,23)8-13(12)24-15/h4-6,12-13H,7-8H2,1-3H3/t12-,13+/m1/s1. The van der Waals surface area contributed by atoms with Crippen LogP contribution in [0.25, 0.3) is 0 Å². The number of rotatable bonds is 1. The van der Waals surface area contributed by atoms with Gasteiger partial charge in [0, 0.05) is 16.4 Å². The zero-order valence-corrected chi connectivity index (χ0v) is 16.4. The molecule has 1 aromatic carbocycles. The van der Waals surface area contributed by atoms with Gasteiger partial charge in [0.15, 0.2) is 15.0 Å². The first-order valence-electron chi connectivity index (χ1n) is 7.72. The Kier molecular flexibility index (Phi) is 4.66. The maximum atomic E-state index is 13.9. The lowest BCUT2D eigenvalue weighted by molar-refractivity contribution is -0.124. The van der Waals surface area contributed by atoms with Crippen molar-refractivity contribution in [3.8, 4) is 0 Å². The number of hydrogen-bond donors (Lipinski definition) is 0. The molecule has 2 saturated heterocycles. The van der Waals surface area contributed by atoms with Crippen LogP contribution in [-0.4, -0.2) is 42.3 Å². The topological polar surface area (TPSA) is 66.8 Å². The van der Waals surface area contributed by atoms with Crippen LogP contribution in [0.15, 0.2) is 23.2 Å². The molecule has 2 atom stereocenters. The second kappa shape index (κ2) is 6.25. The average Bonchev–Trinajstić information content (AvgIpc) is 2.92. The number of halogens is 2. The Bertz CT molecular complexity index is 865. The zero-order valence-electron chi connectivity index (χ0n) is 14.0. The Balaban J connectivity index is 2.05. The molecular formula is C16H18ClFN2O3S2. The highest BCUT2D eigenvalue weighted by molar-refractivity contribution is 8.16. The molecule has 0 spiro atoms. The van der Waals surface area contributed by atoms with Gasteiger partial charge in [-0.2, -0.15) is 4.99 Å². The van der Waals surface area contributed by atoms with Gasteiger partial charge in [-0.3, -0.25) is 4.79 Å². The molecule has 0 bridgehead atoms. The number of carbonyl (C=O) groups is 1. The molecule has 1 aromatic rings. The number of sulfone groups is 1. The van der Waals surface area contributed by atoms with E-state index in [9.17, 15) is 17.6 Å². The van der Waals surface area contributed by atoms with Gasteiger partial charge in [0.1, 0.15) is 5.82 Å². The lowest BCUT2D eigenvalue weighted by atomic mass is 9.96. The quantitative estimate of drug-likeness (QED) is 0.719. The number of amides is 1. The maximum absolute atomic E-state index is 13.9. The predicted molar refractivity (Wildman–Crippen MR) is 99.6 cm³/mol. The van der Waals surface area contributed by atoms with Gasteiger partial charge >= 0.3 is 0 Å². The Morgan fingerprint density at radius 3 is 2.64 bits per heavy atom. The Morgan fingerprint density at radius 1 is 1.36 bits per heavy atom. The number of thioether (sulfide) groups is 1. The first-order chi connectivity index (χ1) is 11.5. The minimum atomic E-state index is -3.17. The van der Waals surface area contributed by atoms with Crippen LogP contribution in [0, 0.1) is 11.2 Å². The molecule has 2 fully saturated rings. The van der Waals surface area contributed by atoms with E-state index in [0.29, 0.717) is 10.9 Å². The van der Waals surface area contributed by atoms with Crippen LogP contribution in [0.1, 0.15) is 20.8 Å². The molecular weight excluding hydrogens is 387 g/mol. The van der Waals surface area contributed by atoms with E-state index in [4.69, 9.17) is 11.6 Å². The third-order valence-corrected chi connectivity index (χ3v) is 7.60. The van der Waals surface area contributed by atoms with E-state index >= 15 is 0 Å². The monoisotopic (exact) mass is 404 g/mol. The molecule has 0 aromatic heterocycles. The van der Waals surface area contributed by atoms with Crippen molar-refractivity contribution in [3.05, 3.63) is 29.0 Å². The van der Waals surface area contributed by atoms with Gasteiger partial charge in [0.25, 0.3) is 5.91 Å². The van der Waals surface area contributed by atoms with Crippen LogP contribution in [0.5, 0.6) is 0 Å². The molecule has 2 heterocycles. The van der Waals surface area contributed by atoms with Crippen molar-refractivity contribution in [1.29, 1.82) is 0 Å². The smallest absolute Gasteiger partial charge is 0.253 e. The van der Waals surface area contributed by atoms with Gasteiger partial charge in [0.2, 0.25) is 0 Å². The third kappa shape index (κ3) is 3.71. The zero-order chi connectivity index (χ0) is 18.6. The molecule has 0 N–H and O–H groups in total. The van der Waals surface area contributed by atoms with E-state index in [1.165, 1.54) is 23.9 Å². The van der Waals surface area contributed by atoms with Crippen molar-refractivity contribution in [2.75, 3.05) is 16.4 Å². The molecule has 2 aliphatic heterocycles. The van der Waals surface area contributed by atoms with Gasteiger partial charge in [-0.15, -0.1) is 0 Å². The lowest BCUT2D eigenvalue weighted by Crippen LogP contribution is -2.38. The number of anilines is 1. The Labute approximate surface area is 155 Å². The summed E-state index contributed by atoms with van der Waals surface area (Å²) in [6, 6.07) is 3.89. The molecule has 9 heteroatoms. The molecule has 3 rings (SSSR count). The van der Waals surface area contributed by atoms with Gasteiger partial charge in [-0.25, -0.2) is 12.8 Å². The number of aliphatic imine (C=N–C) groups is 1. The second-order valence-corrected chi connectivity index (χ2v) is 11.0. The van der Waals surface area contributed by atoms with Crippen LogP contribution < -0.4 is 4.90 Å². The fraction of sp³-hybridized carbons (Fsp3) is 0.500. The van der Waals surface area contributed by atoms with Gasteiger partial charge in [0.05, 0.1) is 22.6 Å². The fourth-order valence-corrected chi connectivity index (χ4v) is 6.79. The van der Waals surface area contributed by atoms with Crippen LogP contribution in [0.2, 0.25) is 5.02 Å². The molecule has 0 saturated carbocycles. The molecule has 0 radical (unpaired) electrons. The summed E-state index contributed by atoms with van der Waals surface area (Å²) in [6.45, 7) is 5.28. The van der Waals surface area contributed by atoms with Crippen LogP contribution >= 0.6 is 23.4 Å². The highest BCUT2D eigenvalue weighted by Gasteiger charge is 2.49. The molecule has 0 aliphatic carbocycles. The van der Waals surface area contributed by atoms with E-state index in [1.807, 2.05) is 0 Å². The summed E-state index contributed by atoms with van der Waals surface area (Å²) in [4.78, 5) is 18.2. The number of nitrogens with zero attached hydrogens (tertiary/aromatic N) is 2. The molecule has 1 amide bonds. The minimum absolute atomic E-state index is 0.0181. The second-order valence-electron chi connectivity index (χ2n) is 7.22. The van der Waals surface area contributed by atoms with Crippen molar-refractivity contribution in [2.45, 2.75) is 32.1 Å². The molecule has 25 heavy (non-hydrogen) atoms. The summed E-state index contributed by atoms with van der Waals surface area (Å²) in [5, 5.41) is 0.164. The van der Waals surface area contributed by atoms with E-state index in [0.717, 1.165) is 0 Å². The third-order valence-electron chi connectivity index (χ3n) is 4.09. The summed E-state index contributed by atoms with van der Waals surface area (Å²) >= 11 is 7.01. The lowest BCUT2D eigenvalue weighted by Gasteiger charge is -2.25. The van der Waals surface area contributed by atoms with E-state index < -0.39 is 21.1 Å². The summed E-state index contributed by atoms with van der Waals surface area (Å²) in [7, 11) is -3.17. The largest absolute Gasteiger partial charge is 0.315 e. The van der Waals surface area contributed by atoms with Crippen molar-refractivity contribution in [2.24, 2.45) is 10.4 Å². The normalized spacial score (nSPS) is 26.9. The molecule has 5 nitrogen and oxygen atoms in total. The highest BCUT2D eigenvalue weighted by Crippen LogP contribution is 2.41. The predicted octanol–water partition coefficient (Wildman–Crippen LogP) is 3.13. The van der Waals surface area contributed by atoms with Crippen LogP contribution in [-0.2, 0) is 14.6 Å². The number of fused-ring (bicyclic) bond motifs is 1. The number of benzene rings is 1. The first-order valence-corrected chi connectivity index (χ1v) is 10.8. The SMILES string of the molecule is CC(C)(C)C(=O)N=C1S[C@H]2CS(=O)(=O)C[C@H]2N1c1ccc(Cl)c(F)c1. The molecule has 136 valence electrons. The van der Waals surface area contributed by atoms with Crippen LogP contribution in [0.3, 0.4) is 0 Å². The van der Waals surface area contributed by atoms with E-state index in [2.05, 4.69) is 4.99 Å². The van der Waals surface area contributed by atoms with Crippen molar-refractivity contribution < 1.29 is 17.6 Å². The number of amidine groups is 1. The Hall–Kier alpha value is -1.12. The van der Waals surface area contributed by atoms with Crippen molar-refractivity contribution in [3.63, 3.8) is 0 Å². The van der Waals surface area contributed by atoms with Gasteiger partial charge < -0.3 is 4.90 Å². The van der Waals surface area contributed by atoms with Gasteiger partial charge in [-0.05, 0) is 18.2 Å². The average molecular weight is 405 g/mol. The van der Waals surface area contributed by atoms with E-state index in [1.54, 1.807) is 31.7 Å². The summed E-state index contributed by atoms with van der Waals surface area (Å²) < 4.78 is 37.9. The maximum Gasteiger partial charge on any atom is 0.253 e. The molecule has 0 unspecified atom stereocenters. The first kappa shape index (κ1) is 18.7. The minimum Gasteiger partial charge on any atom is -0.315 e. The van der Waals surface area contributed by atoms with Crippen molar-refractivity contribution in [1.82, 2.24) is 0 Å². The van der Waals surface area contributed by atoms with Gasteiger partial charge in [-0.1, -0.05) is 44.1 Å². The fourth-order valence-electron chi connectivity index (χ4n) is 2.76. The number of carbonyl (C=O) groups excluding carboxylic acids is 1. The van der Waals surface area contributed by atoms with Crippen LogP contribution in [0.4, 0.5) is 10.1 Å². The highest BCUT2D eigenvalue weighted by atomic mass is 35.5. The Morgan fingerprint density at radius 2 is 2.04 bits per heavy atom. The van der Waals surface area contributed by atoms with Crippen molar-refractivity contribution >= 4 is 50.0 Å². The van der Waals surface area contributed by atoms with E-state index in [-0.39, 0.29) is 33.7 Å². The number of hydrogen-bond acceptors (Lipinski definition) is 4.